The molecule has 0 aliphatic heterocycles. The zero-order valence-corrected chi connectivity index (χ0v) is 14.5. The molecule has 2 N–H and O–H groups in total. The summed E-state index contributed by atoms with van der Waals surface area (Å²) in [5, 5.41) is 11.1. The van der Waals surface area contributed by atoms with E-state index in [0.717, 1.165) is 12.8 Å². The van der Waals surface area contributed by atoms with E-state index in [4.69, 9.17) is 5.11 Å². The third kappa shape index (κ3) is 7.53. The topological polar surface area (TPSA) is 92.7 Å². The summed E-state index contributed by atoms with van der Waals surface area (Å²) < 4.78 is 4.59. The normalized spacial score (nSPS) is 11.0. The fraction of sp³-hybridized carbons (Fsp3) is 0.421. The van der Waals surface area contributed by atoms with Gasteiger partial charge in [0, 0.05) is 18.4 Å². The predicted octanol–water partition coefficient (Wildman–Crippen LogP) is 2.36. The first-order valence-electron chi connectivity index (χ1n) is 8.14. The second-order valence-corrected chi connectivity index (χ2v) is 5.52. The molecule has 0 bridgehead atoms. The maximum absolute atomic E-state index is 12.3. The summed E-state index contributed by atoms with van der Waals surface area (Å²) in [6.45, 7) is 1.55. The van der Waals surface area contributed by atoms with Crippen molar-refractivity contribution < 1.29 is 24.2 Å². The number of hydrogen-bond acceptors (Lipinski definition) is 4. The van der Waals surface area contributed by atoms with E-state index >= 15 is 0 Å². The molecule has 0 fully saturated rings. The molecular weight excluding hydrogens is 322 g/mol. The lowest BCUT2D eigenvalue weighted by Crippen LogP contribution is -2.39. The molecule has 25 heavy (non-hydrogen) atoms. The van der Waals surface area contributed by atoms with Crippen LogP contribution in [0.25, 0.3) is 0 Å². The molecule has 0 aliphatic rings. The van der Waals surface area contributed by atoms with Crippen molar-refractivity contribution in [2.24, 2.45) is 0 Å². The molecule has 1 aromatic carbocycles. The van der Waals surface area contributed by atoms with Crippen LogP contribution >= 0.6 is 0 Å². The van der Waals surface area contributed by atoms with Crippen molar-refractivity contribution in [1.29, 1.82) is 0 Å². The summed E-state index contributed by atoms with van der Waals surface area (Å²) in [4.78, 5) is 34.1. The molecule has 0 saturated carbocycles. The van der Waals surface area contributed by atoms with Crippen LogP contribution in [-0.4, -0.2) is 36.1 Å². The number of amides is 1. The highest BCUT2D eigenvalue weighted by Crippen LogP contribution is 2.09. The molecule has 134 valence electrons. The molecule has 6 heteroatoms. The zero-order chi connectivity index (χ0) is 18.7. The SMILES string of the molecule is COC(=O)C(C)NC(=O)c1ccccc1C#CCCCCCC(=O)O. The Balaban J connectivity index is 2.62. The van der Waals surface area contributed by atoms with Gasteiger partial charge in [-0.3, -0.25) is 9.59 Å². The Morgan fingerprint density at radius 1 is 1.20 bits per heavy atom. The number of esters is 1. The van der Waals surface area contributed by atoms with E-state index in [2.05, 4.69) is 21.9 Å². The number of carboxylic acid groups (broad SMARTS) is 1. The fourth-order valence-electron chi connectivity index (χ4n) is 2.12. The Bertz CT molecular complexity index is 672. The lowest BCUT2D eigenvalue weighted by atomic mass is 10.1. The van der Waals surface area contributed by atoms with Crippen LogP contribution in [0.5, 0.6) is 0 Å². The van der Waals surface area contributed by atoms with E-state index in [1.165, 1.54) is 7.11 Å². The molecule has 0 radical (unpaired) electrons. The van der Waals surface area contributed by atoms with Gasteiger partial charge in [-0.2, -0.15) is 0 Å². The maximum atomic E-state index is 12.3. The van der Waals surface area contributed by atoms with Gasteiger partial charge in [0.2, 0.25) is 0 Å². The van der Waals surface area contributed by atoms with E-state index in [1.54, 1.807) is 31.2 Å². The van der Waals surface area contributed by atoms with E-state index < -0.39 is 18.0 Å². The first-order valence-corrected chi connectivity index (χ1v) is 8.14. The second-order valence-electron chi connectivity index (χ2n) is 5.52. The second kappa shape index (κ2) is 10.9. The minimum Gasteiger partial charge on any atom is -0.481 e. The average molecular weight is 345 g/mol. The van der Waals surface area contributed by atoms with Gasteiger partial charge in [0.25, 0.3) is 5.91 Å². The quantitative estimate of drug-likeness (QED) is 0.429. The maximum Gasteiger partial charge on any atom is 0.328 e. The highest BCUT2D eigenvalue weighted by molar-refractivity contribution is 5.98. The standard InChI is InChI=1S/C19H23NO5/c1-14(19(24)25-2)20-18(23)16-12-9-8-11-15(16)10-6-4-3-5-7-13-17(21)22/h8-9,11-12,14H,3-5,7,13H2,1-2H3,(H,20,23)(H,21,22). The van der Waals surface area contributed by atoms with Gasteiger partial charge >= 0.3 is 11.9 Å². The van der Waals surface area contributed by atoms with Crippen molar-refractivity contribution in [3.8, 4) is 11.8 Å². The van der Waals surface area contributed by atoms with E-state index in [0.29, 0.717) is 24.0 Å². The highest BCUT2D eigenvalue weighted by Gasteiger charge is 2.18. The summed E-state index contributed by atoms with van der Waals surface area (Å²) in [7, 11) is 1.26. The number of rotatable bonds is 8. The number of carboxylic acids is 1. The third-order valence-electron chi connectivity index (χ3n) is 3.49. The van der Waals surface area contributed by atoms with Gasteiger partial charge in [-0.15, -0.1) is 0 Å². The Morgan fingerprint density at radius 3 is 2.60 bits per heavy atom. The van der Waals surface area contributed by atoms with Crippen molar-refractivity contribution in [2.75, 3.05) is 7.11 Å². The summed E-state index contributed by atoms with van der Waals surface area (Å²) in [5.41, 5.74) is 0.985. The number of nitrogens with one attached hydrogen (secondary N) is 1. The van der Waals surface area contributed by atoms with Crippen LogP contribution in [0.15, 0.2) is 24.3 Å². The molecule has 0 spiro atoms. The molecule has 0 saturated heterocycles. The van der Waals surface area contributed by atoms with Gasteiger partial charge in [-0.05, 0) is 31.9 Å². The Morgan fingerprint density at radius 2 is 1.92 bits per heavy atom. The van der Waals surface area contributed by atoms with Crippen LogP contribution in [0.2, 0.25) is 0 Å². The Kier molecular flexibility index (Phi) is 8.80. The summed E-state index contributed by atoms with van der Waals surface area (Å²) in [6, 6.07) is 6.17. The molecule has 1 rings (SSSR count). The van der Waals surface area contributed by atoms with Crippen molar-refractivity contribution in [2.45, 2.75) is 45.1 Å². The van der Waals surface area contributed by atoms with Crippen molar-refractivity contribution in [3.05, 3.63) is 35.4 Å². The number of carbonyl (C=O) groups excluding carboxylic acids is 2. The average Bonchev–Trinajstić information content (AvgIpc) is 2.60. The lowest BCUT2D eigenvalue weighted by molar-refractivity contribution is -0.142. The lowest BCUT2D eigenvalue weighted by Gasteiger charge is -2.12. The molecule has 1 unspecified atom stereocenters. The van der Waals surface area contributed by atoms with Gasteiger partial charge < -0.3 is 15.2 Å². The van der Waals surface area contributed by atoms with Crippen LogP contribution < -0.4 is 5.32 Å². The van der Waals surface area contributed by atoms with Crippen molar-refractivity contribution in [1.82, 2.24) is 5.32 Å². The van der Waals surface area contributed by atoms with Crippen LogP contribution in [0.4, 0.5) is 0 Å². The monoisotopic (exact) mass is 345 g/mol. The summed E-state index contributed by atoms with van der Waals surface area (Å²) in [6.07, 6.45) is 3.07. The molecule has 1 atom stereocenters. The molecule has 0 aliphatic carbocycles. The van der Waals surface area contributed by atoms with E-state index in [1.807, 2.05) is 0 Å². The van der Waals surface area contributed by atoms with Gasteiger partial charge in [-0.1, -0.05) is 30.4 Å². The molecule has 6 nitrogen and oxygen atoms in total. The minimum absolute atomic E-state index is 0.175. The van der Waals surface area contributed by atoms with Crippen LogP contribution in [0.1, 0.15) is 54.9 Å². The first-order chi connectivity index (χ1) is 12.0. The molecule has 1 amide bonds. The van der Waals surface area contributed by atoms with Crippen LogP contribution in [-0.2, 0) is 14.3 Å². The van der Waals surface area contributed by atoms with Crippen molar-refractivity contribution >= 4 is 17.8 Å². The first kappa shape index (κ1) is 20.2. The molecule has 0 heterocycles. The number of unbranched alkanes of at least 4 members (excludes halogenated alkanes) is 3. The molecule has 0 aromatic heterocycles. The van der Waals surface area contributed by atoms with E-state index in [9.17, 15) is 14.4 Å². The number of ether oxygens (including phenoxy) is 1. The molecular formula is C19H23NO5. The van der Waals surface area contributed by atoms with Gasteiger partial charge in [0.05, 0.1) is 12.7 Å². The smallest absolute Gasteiger partial charge is 0.328 e. The van der Waals surface area contributed by atoms with Crippen molar-refractivity contribution in [3.63, 3.8) is 0 Å². The number of methoxy groups -OCH3 is 1. The Hall–Kier alpha value is -2.81. The zero-order valence-electron chi connectivity index (χ0n) is 14.5. The number of aliphatic carboxylic acids is 1. The van der Waals surface area contributed by atoms with Crippen LogP contribution in [0, 0.1) is 11.8 Å². The highest BCUT2D eigenvalue weighted by atomic mass is 16.5. The minimum atomic E-state index is -0.785. The van der Waals surface area contributed by atoms with Gasteiger partial charge in [-0.25, -0.2) is 4.79 Å². The fourth-order valence-corrected chi connectivity index (χ4v) is 2.12. The number of hydrogen-bond donors (Lipinski definition) is 2. The summed E-state index contributed by atoms with van der Waals surface area (Å²) >= 11 is 0. The Labute approximate surface area is 147 Å². The number of carbonyl (C=O) groups is 3. The number of benzene rings is 1. The largest absolute Gasteiger partial charge is 0.481 e. The molecule has 1 aromatic rings. The summed E-state index contributed by atoms with van der Waals surface area (Å²) in [5.74, 6) is 4.28. The van der Waals surface area contributed by atoms with Gasteiger partial charge in [0.1, 0.15) is 6.04 Å². The van der Waals surface area contributed by atoms with E-state index in [-0.39, 0.29) is 12.3 Å². The third-order valence-corrected chi connectivity index (χ3v) is 3.49. The van der Waals surface area contributed by atoms with Gasteiger partial charge in [0.15, 0.2) is 0 Å². The van der Waals surface area contributed by atoms with Crippen LogP contribution in [0.3, 0.4) is 0 Å². The predicted molar refractivity (Wildman–Crippen MR) is 93.0 cm³/mol.